The molecule has 2 aromatic carbocycles. The van der Waals surface area contributed by atoms with Gasteiger partial charge in [0, 0.05) is 0 Å². The Bertz CT molecular complexity index is 852. The van der Waals surface area contributed by atoms with E-state index in [4.69, 9.17) is 4.74 Å². The maximum atomic E-state index is 11.5. The first kappa shape index (κ1) is 16.1. The van der Waals surface area contributed by atoms with E-state index < -0.39 is 5.97 Å². The van der Waals surface area contributed by atoms with Crippen molar-refractivity contribution in [2.45, 2.75) is 12.1 Å². The monoisotopic (exact) mass is 340 g/mol. The molecule has 0 amide bonds. The standard InChI is InChI=1S/C18H16N2O3S/c1-2-23-13-9-7-12(8-10-13)11-16(17(21)22)24-18-19-14-5-3-4-6-15(14)20-18/h3-11H,2H2,1H3,(H,19,20)(H,21,22)/b16-11-. The van der Waals surface area contributed by atoms with Gasteiger partial charge < -0.3 is 14.8 Å². The second-order valence-electron chi connectivity index (χ2n) is 4.98. The lowest BCUT2D eigenvalue weighted by atomic mass is 10.2. The first-order chi connectivity index (χ1) is 11.7. The fourth-order valence-electron chi connectivity index (χ4n) is 2.20. The Morgan fingerprint density at radius 1 is 1.25 bits per heavy atom. The Hall–Kier alpha value is -2.73. The van der Waals surface area contributed by atoms with Gasteiger partial charge in [-0.15, -0.1) is 0 Å². The zero-order valence-corrected chi connectivity index (χ0v) is 13.8. The highest BCUT2D eigenvalue weighted by molar-refractivity contribution is 8.04. The van der Waals surface area contributed by atoms with Crippen LogP contribution in [0.25, 0.3) is 17.1 Å². The van der Waals surface area contributed by atoms with E-state index in [9.17, 15) is 9.90 Å². The topological polar surface area (TPSA) is 75.2 Å². The van der Waals surface area contributed by atoms with Gasteiger partial charge in [0.25, 0.3) is 0 Å². The van der Waals surface area contributed by atoms with Gasteiger partial charge in [-0.25, -0.2) is 9.78 Å². The Morgan fingerprint density at radius 2 is 2.00 bits per heavy atom. The summed E-state index contributed by atoms with van der Waals surface area (Å²) in [5.41, 5.74) is 2.48. The number of carboxylic acid groups (broad SMARTS) is 1. The lowest BCUT2D eigenvalue weighted by Gasteiger charge is -2.03. The minimum absolute atomic E-state index is 0.193. The number of carboxylic acids is 1. The van der Waals surface area contributed by atoms with Crippen molar-refractivity contribution in [3.63, 3.8) is 0 Å². The number of fused-ring (bicyclic) bond motifs is 1. The molecule has 24 heavy (non-hydrogen) atoms. The number of imidazole rings is 1. The molecule has 0 unspecified atom stereocenters. The summed E-state index contributed by atoms with van der Waals surface area (Å²) in [6.45, 7) is 2.51. The Kier molecular flexibility index (Phi) is 4.86. The molecular formula is C18H16N2O3S. The molecule has 0 aliphatic carbocycles. The molecule has 0 saturated carbocycles. The molecule has 0 spiro atoms. The molecule has 3 aromatic rings. The van der Waals surface area contributed by atoms with E-state index >= 15 is 0 Å². The minimum atomic E-state index is -0.991. The van der Waals surface area contributed by atoms with Gasteiger partial charge in [-0.1, -0.05) is 24.3 Å². The SMILES string of the molecule is CCOc1ccc(/C=C(\Sc2nc3ccccc3[nH]2)C(=O)O)cc1. The summed E-state index contributed by atoms with van der Waals surface area (Å²) in [7, 11) is 0. The van der Waals surface area contributed by atoms with Crippen LogP contribution in [0.1, 0.15) is 12.5 Å². The van der Waals surface area contributed by atoms with Crippen LogP contribution < -0.4 is 4.74 Å². The van der Waals surface area contributed by atoms with Crippen molar-refractivity contribution in [3.8, 4) is 5.75 Å². The smallest absolute Gasteiger partial charge is 0.342 e. The van der Waals surface area contributed by atoms with Crippen molar-refractivity contribution in [1.29, 1.82) is 0 Å². The summed E-state index contributed by atoms with van der Waals surface area (Å²) in [5, 5.41) is 10.0. The molecular weight excluding hydrogens is 324 g/mol. The van der Waals surface area contributed by atoms with E-state index in [1.807, 2.05) is 55.5 Å². The number of aromatic amines is 1. The Labute approximate surface area is 143 Å². The Balaban J connectivity index is 1.84. The first-order valence-electron chi connectivity index (χ1n) is 7.46. The molecule has 1 aromatic heterocycles. The molecule has 0 aliphatic heterocycles. The molecule has 0 radical (unpaired) electrons. The van der Waals surface area contributed by atoms with Crippen molar-refractivity contribution in [3.05, 3.63) is 59.0 Å². The van der Waals surface area contributed by atoms with Crippen LogP contribution in [0.3, 0.4) is 0 Å². The third-order valence-electron chi connectivity index (χ3n) is 3.27. The molecule has 3 rings (SSSR count). The average Bonchev–Trinajstić information content (AvgIpc) is 2.98. The van der Waals surface area contributed by atoms with Crippen LogP contribution in [-0.2, 0) is 4.79 Å². The lowest BCUT2D eigenvalue weighted by molar-refractivity contribution is -0.131. The maximum Gasteiger partial charge on any atom is 0.342 e. The molecule has 0 bridgehead atoms. The molecule has 0 atom stereocenters. The first-order valence-corrected chi connectivity index (χ1v) is 8.28. The summed E-state index contributed by atoms with van der Waals surface area (Å²) in [6, 6.07) is 14.9. The third-order valence-corrected chi connectivity index (χ3v) is 4.17. The van der Waals surface area contributed by atoms with Crippen molar-refractivity contribution >= 4 is 34.8 Å². The van der Waals surface area contributed by atoms with E-state index in [1.54, 1.807) is 6.08 Å². The van der Waals surface area contributed by atoms with E-state index in [0.29, 0.717) is 11.8 Å². The van der Waals surface area contributed by atoms with Gasteiger partial charge in [-0.3, -0.25) is 0 Å². The van der Waals surface area contributed by atoms with Crippen LogP contribution in [0, 0.1) is 0 Å². The number of benzene rings is 2. The number of para-hydroxylation sites is 2. The summed E-state index contributed by atoms with van der Waals surface area (Å²) < 4.78 is 5.39. The number of aromatic nitrogens is 2. The number of rotatable bonds is 6. The predicted octanol–water partition coefficient (Wildman–Crippen LogP) is 4.18. The third kappa shape index (κ3) is 3.78. The van der Waals surface area contributed by atoms with Crippen molar-refractivity contribution in [2.75, 3.05) is 6.61 Å². The molecule has 0 saturated heterocycles. The normalized spacial score (nSPS) is 11.6. The second-order valence-corrected chi connectivity index (χ2v) is 6.01. The van der Waals surface area contributed by atoms with Crippen LogP contribution in [-0.4, -0.2) is 27.7 Å². The molecule has 122 valence electrons. The number of nitrogens with zero attached hydrogens (tertiary/aromatic N) is 1. The summed E-state index contributed by atoms with van der Waals surface area (Å²) in [6.07, 6.45) is 1.62. The minimum Gasteiger partial charge on any atom is -0.494 e. The van der Waals surface area contributed by atoms with Gasteiger partial charge in [-0.2, -0.15) is 0 Å². The highest BCUT2D eigenvalue weighted by atomic mass is 32.2. The van der Waals surface area contributed by atoms with Gasteiger partial charge in [0.1, 0.15) is 10.7 Å². The fourth-order valence-corrected chi connectivity index (χ4v) is 2.99. The van der Waals surface area contributed by atoms with Crippen molar-refractivity contribution < 1.29 is 14.6 Å². The average molecular weight is 340 g/mol. The number of hydrogen-bond donors (Lipinski definition) is 2. The molecule has 6 heteroatoms. The van der Waals surface area contributed by atoms with Gasteiger partial charge >= 0.3 is 5.97 Å². The molecule has 2 N–H and O–H groups in total. The van der Waals surface area contributed by atoms with E-state index in [-0.39, 0.29) is 4.91 Å². The van der Waals surface area contributed by atoms with Gasteiger partial charge in [-0.05, 0) is 54.6 Å². The highest BCUT2D eigenvalue weighted by Crippen LogP contribution is 2.28. The molecule has 5 nitrogen and oxygen atoms in total. The van der Waals surface area contributed by atoms with E-state index in [0.717, 1.165) is 34.1 Å². The van der Waals surface area contributed by atoms with Gasteiger partial charge in [0.2, 0.25) is 0 Å². The maximum absolute atomic E-state index is 11.5. The number of aliphatic carboxylic acids is 1. The number of carbonyl (C=O) groups is 1. The van der Waals surface area contributed by atoms with Gasteiger partial charge in [0.15, 0.2) is 5.16 Å². The zero-order valence-electron chi connectivity index (χ0n) is 13.0. The molecule has 0 fully saturated rings. The largest absolute Gasteiger partial charge is 0.494 e. The number of nitrogens with one attached hydrogen (secondary N) is 1. The highest BCUT2D eigenvalue weighted by Gasteiger charge is 2.13. The van der Waals surface area contributed by atoms with E-state index in [2.05, 4.69) is 9.97 Å². The van der Waals surface area contributed by atoms with Gasteiger partial charge in [0.05, 0.1) is 17.6 Å². The number of H-pyrrole nitrogens is 1. The fraction of sp³-hybridized carbons (Fsp3) is 0.111. The van der Waals surface area contributed by atoms with Crippen LogP contribution in [0.15, 0.2) is 58.6 Å². The Morgan fingerprint density at radius 3 is 2.67 bits per heavy atom. The second kappa shape index (κ2) is 7.23. The quantitative estimate of drug-likeness (QED) is 0.520. The van der Waals surface area contributed by atoms with Crippen LogP contribution in [0.4, 0.5) is 0 Å². The van der Waals surface area contributed by atoms with Crippen LogP contribution >= 0.6 is 11.8 Å². The van der Waals surface area contributed by atoms with E-state index in [1.165, 1.54) is 0 Å². The summed E-state index contributed by atoms with van der Waals surface area (Å²) in [4.78, 5) is 19.2. The number of thioether (sulfide) groups is 1. The lowest BCUT2D eigenvalue weighted by Crippen LogP contribution is -1.97. The summed E-state index contributed by atoms with van der Waals surface area (Å²) in [5.74, 6) is -0.231. The van der Waals surface area contributed by atoms with Crippen molar-refractivity contribution in [2.24, 2.45) is 0 Å². The van der Waals surface area contributed by atoms with Crippen molar-refractivity contribution in [1.82, 2.24) is 9.97 Å². The number of hydrogen-bond acceptors (Lipinski definition) is 4. The van der Waals surface area contributed by atoms with Crippen LogP contribution in [0.5, 0.6) is 5.75 Å². The molecule has 1 heterocycles. The molecule has 0 aliphatic rings. The zero-order chi connectivity index (χ0) is 16.9. The summed E-state index contributed by atoms with van der Waals surface area (Å²) >= 11 is 1.10. The van der Waals surface area contributed by atoms with Crippen LogP contribution in [0.2, 0.25) is 0 Å². The number of ether oxygens (including phenoxy) is 1. The predicted molar refractivity (Wildman–Crippen MR) is 95.2 cm³/mol.